The SMILES string of the molecule is O=c1ccc(-c2cccnc2)nn1CC1CN(c2nncc3ccccc23)C1. The summed E-state index contributed by atoms with van der Waals surface area (Å²) < 4.78 is 1.55. The molecule has 4 heterocycles. The highest BCUT2D eigenvalue weighted by Gasteiger charge is 2.30. The zero-order valence-electron chi connectivity index (χ0n) is 15.1. The minimum Gasteiger partial charge on any atom is -0.354 e. The summed E-state index contributed by atoms with van der Waals surface area (Å²) in [4.78, 5) is 18.6. The van der Waals surface area contributed by atoms with Crippen molar-refractivity contribution >= 4 is 16.6 Å². The molecule has 1 aromatic carbocycles. The molecular weight excluding hydrogens is 352 g/mol. The molecule has 0 spiro atoms. The zero-order valence-corrected chi connectivity index (χ0v) is 15.1. The van der Waals surface area contributed by atoms with Crippen molar-refractivity contribution in [1.29, 1.82) is 0 Å². The van der Waals surface area contributed by atoms with Crippen LogP contribution < -0.4 is 10.5 Å². The van der Waals surface area contributed by atoms with Crippen molar-refractivity contribution in [3.05, 3.63) is 77.5 Å². The third-order valence-electron chi connectivity index (χ3n) is 5.06. The van der Waals surface area contributed by atoms with Gasteiger partial charge in [0.15, 0.2) is 5.82 Å². The van der Waals surface area contributed by atoms with Gasteiger partial charge in [-0.1, -0.05) is 24.3 Å². The second-order valence-electron chi connectivity index (χ2n) is 7.01. The predicted octanol–water partition coefficient (Wildman–Crippen LogP) is 2.38. The molecule has 0 aliphatic carbocycles. The highest BCUT2D eigenvalue weighted by Crippen LogP contribution is 2.29. The van der Waals surface area contributed by atoms with Crippen LogP contribution in [0.4, 0.5) is 5.82 Å². The Labute approximate surface area is 161 Å². The fourth-order valence-electron chi connectivity index (χ4n) is 3.60. The first-order chi connectivity index (χ1) is 13.8. The van der Waals surface area contributed by atoms with E-state index in [4.69, 9.17) is 0 Å². The van der Waals surface area contributed by atoms with Gasteiger partial charge >= 0.3 is 0 Å². The van der Waals surface area contributed by atoms with Gasteiger partial charge in [-0.2, -0.15) is 10.2 Å². The normalized spacial score (nSPS) is 14.2. The van der Waals surface area contributed by atoms with E-state index >= 15 is 0 Å². The Bertz CT molecular complexity index is 1180. The first-order valence-electron chi connectivity index (χ1n) is 9.22. The summed E-state index contributed by atoms with van der Waals surface area (Å²) in [6.07, 6.45) is 5.25. The van der Waals surface area contributed by atoms with E-state index in [1.807, 2.05) is 30.3 Å². The summed E-state index contributed by atoms with van der Waals surface area (Å²) in [6.45, 7) is 2.24. The van der Waals surface area contributed by atoms with Crippen LogP contribution in [-0.4, -0.2) is 38.1 Å². The van der Waals surface area contributed by atoms with Crippen molar-refractivity contribution in [1.82, 2.24) is 25.0 Å². The topological polar surface area (TPSA) is 76.8 Å². The monoisotopic (exact) mass is 370 g/mol. The molecule has 4 aromatic rings. The summed E-state index contributed by atoms with van der Waals surface area (Å²) in [5.74, 6) is 1.24. The molecule has 138 valence electrons. The molecule has 28 heavy (non-hydrogen) atoms. The van der Waals surface area contributed by atoms with Gasteiger partial charge in [0.25, 0.3) is 5.56 Å². The van der Waals surface area contributed by atoms with Crippen LogP contribution in [0, 0.1) is 5.92 Å². The van der Waals surface area contributed by atoms with Crippen LogP contribution in [0.25, 0.3) is 22.0 Å². The molecule has 7 nitrogen and oxygen atoms in total. The van der Waals surface area contributed by atoms with Crippen LogP contribution in [0.1, 0.15) is 0 Å². The van der Waals surface area contributed by atoms with Crippen molar-refractivity contribution in [3.8, 4) is 11.3 Å². The van der Waals surface area contributed by atoms with E-state index in [-0.39, 0.29) is 5.56 Å². The molecule has 3 aromatic heterocycles. The van der Waals surface area contributed by atoms with Crippen LogP contribution in [0.3, 0.4) is 0 Å². The summed E-state index contributed by atoms with van der Waals surface area (Å²) in [7, 11) is 0. The molecule has 0 amide bonds. The lowest BCUT2D eigenvalue weighted by atomic mass is 9.99. The molecule has 1 fully saturated rings. The Morgan fingerprint density at radius 1 is 1.00 bits per heavy atom. The van der Waals surface area contributed by atoms with E-state index in [2.05, 4.69) is 31.2 Å². The van der Waals surface area contributed by atoms with Crippen LogP contribution >= 0.6 is 0 Å². The van der Waals surface area contributed by atoms with Crippen molar-refractivity contribution in [2.24, 2.45) is 5.92 Å². The molecule has 5 rings (SSSR count). The highest BCUT2D eigenvalue weighted by molar-refractivity contribution is 5.91. The first-order valence-corrected chi connectivity index (χ1v) is 9.22. The third-order valence-corrected chi connectivity index (χ3v) is 5.06. The Morgan fingerprint density at radius 3 is 2.75 bits per heavy atom. The Balaban J connectivity index is 1.33. The zero-order chi connectivity index (χ0) is 18.9. The third kappa shape index (κ3) is 3.00. The van der Waals surface area contributed by atoms with E-state index in [0.29, 0.717) is 12.5 Å². The lowest BCUT2D eigenvalue weighted by Crippen LogP contribution is -2.50. The number of pyridine rings is 1. The second-order valence-corrected chi connectivity index (χ2v) is 7.01. The van der Waals surface area contributed by atoms with Crippen LogP contribution in [0.15, 0.2) is 71.9 Å². The van der Waals surface area contributed by atoms with Gasteiger partial charge in [0.1, 0.15) is 0 Å². The average Bonchev–Trinajstić information content (AvgIpc) is 2.72. The first kappa shape index (κ1) is 16.6. The molecule has 1 aliphatic heterocycles. The van der Waals surface area contributed by atoms with Crippen molar-refractivity contribution < 1.29 is 0 Å². The number of rotatable bonds is 4. The fraction of sp³-hybridized carbons (Fsp3) is 0.190. The van der Waals surface area contributed by atoms with E-state index in [1.165, 1.54) is 0 Å². The van der Waals surface area contributed by atoms with Gasteiger partial charge in [0, 0.05) is 53.8 Å². The molecule has 0 unspecified atom stereocenters. The quantitative estimate of drug-likeness (QED) is 0.549. The number of fused-ring (bicyclic) bond motifs is 1. The van der Waals surface area contributed by atoms with E-state index < -0.39 is 0 Å². The molecule has 0 saturated carbocycles. The molecule has 0 N–H and O–H groups in total. The largest absolute Gasteiger partial charge is 0.354 e. The maximum Gasteiger partial charge on any atom is 0.266 e. The molecular formula is C21H18N6O. The molecule has 0 radical (unpaired) electrons. The number of aromatic nitrogens is 5. The van der Waals surface area contributed by atoms with Gasteiger partial charge in [-0.15, -0.1) is 5.10 Å². The summed E-state index contributed by atoms with van der Waals surface area (Å²) in [5, 5.41) is 15.2. The fourth-order valence-corrected chi connectivity index (χ4v) is 3.60. The minimum absolute atomic E-state index is 0.0870. The van der Waals surface area contributed by atoms with E-state index in [9.17, 15) is 4.79 Å². The summed E-state index contributed by atoms with van der Waals surface area (Å²) in [5.41, 5.74) is 1.57. The highest BCUT2D eigenvalue weighted by atomic mass is 16.1. The molecule has 7 heteroatoms. The number of nitrogens with zero attached hydrogens (tertiary/aromatic N) is 6. The lowest BCUT2D eigenvalue weighted by Gasteiger charge is -2.40. The van der Waals surface area contributed by atoms with Crippen LogP contribution in [0.2, 0.25) is 0 Å². The van der Waals surface area contributed by atoms with Crippen molar-refractivity contribution in [3.63, 3.8) is 0 Å². The Kier molecular flexibility index (Phi) is 4.05. The van der Waals surface area contributed by atoms with Crippen molar-refractivity contribution in [2.75, 3.05) is 18.0 Å². The number of hydrogen-bond donors (Lipinski definition) is 0. The van der Waals surface area contributed by atoms with Crippen LogP contribution in [0.5, 0.6) is 0 Å². The minimum atomic E-state index is -0.0870. The average molecular weight is 370 g/mol. The predicted molar refractivity (Wildman–Crippen MR) is 107 cm³/mol. The van der Waals surface area contributed by atoms with Gasteiger partial charge < -0.3 is 4.90 Å². The number of hydrogen-bond acceptors (Lipinski definition) is 6. The summed E-state index contributed by atoms with van der Waals surface area (Å²) >= 11 is 0. The molecule has 1 aliphatic rings. The van der Waals surface area contributed by atoms with Gasteiger partial charge in [0.2, 0.25) is 0 Å². The van der Waals surface area contributed by atoms with E-state index in [0.717, 1.165) is 40.9 Å². The molecule has 0 atom stereocenters. The second kappa shape index (κ2) is 6.84. The Hall–Kier alpha value is -3.61. The van der Waals surface area contributed by atoms with Crippen molar-refractivity contribution in [2.45, 2.75) is 6.54 Å². The number of benzene rings is 1. The molecule has 1 saturated heterocycles. The Morgan fingerprint density at radius 2 is 1.89 bits per heavy atom. The number of anilines is 1. The maximum atomic E-state index is 12.3. The standard InChI is InChI=1S/C21H18N6O/c28-20-8-7-19(17-5-3-9-22-10-17)25-27(20)14-15-12-26(13-15)21-18-6-2-1-4-16(18)11-23-24-21/h1-11,15H,12-14H2. The van der Waals surface area contributed by atoms with Gasteiger partial charge in [-0.25, -0.2) is 4.68 Å². The van der Waals surface area contributed by atoms with Gasteiger partial charge in [-0.05, 0) is 18.2 Å². The molecule has 0 bridgehead atoms. The summed E-state index contributed by atoms with van der Waals surface area (Å²) in [6, 6.07) is 15.2. The smallest absolute Gasteiger partial charge is 0.266 e. The van der Waals surface area contributed by atoms with E-state index in [1.54, 1.807) is 35.4 Å². The van der Waals surface area contributed by atoms with Crippen LogP contribution in [-0.2, 0) is 6.54 Å². The maximum absolute atomic E-state index is 12.3. The lowest BCUT2D eigenvalue weighted by molar-refractivity contribution is 0.333. The van der Waals surface area contributed by atoms with Gasteiger partial charge in [-0.3, -0.25) is 9.78 Å². The van der Waals surface area contributed by atoms with Gasteiger partial charge in [0.05, 0.1) is 18.4 Å².